The lowest BCUT2D eigenvalue weighted by atomic mass is 10.1. The zero-order valence-electron chi connectivity index (χ0n) is 15.1. The molecule has 1 fully saturated rings. The lowest BCUT2D eigenvalue weighted by molar-refractivity contribution is 0.0925. The number of amides is 1. The number of rotatable bonds is 6. The van der Waals surface area contributed by atoms with Crippen LogP contribution in [0.15, 0.2) is 42.5 Å². The Hall–Kier alpha value is -2.67. The number of halogens is 2. The molecule has 1 heterocycles. The molecule has 0 radical (unpaired) electrons. The number of hydrogen-bond acceptors (Lipinski definition) is 4. The molecule has 1 saturated heterocycles. The van der Waals surface area contributed by atoms with Crippen LogP contribution in [0.2, 0.25) is 0 Å². The summed E-state index contributed by atoms with van der Waals surface area (Å²) >= 11 is 0. The summed E-state index contributed by atoms with van der Waals surface area (Å²) in [4.78, 5) is 14.2. The van der Waals surface area contributed by atoms with Crippen LogP contribution in [-0.4, -0.2) is 44.9 Å². The third kappa shape index (κ3) is 4.95. The van der Waals surface area contributed by atoms with E-state index in [0.29, 0.717) is 32.0 Å². The molecule has 2 aromatic rings. The average molecular weight is 376 g/mol. The number of hydrogen-bond donors (Lipinski definition) is 1. The highest BCUT2D eigenvalue weighted by atomic mass is 19.1. The third-order valence-corrected chi connectivity index (χ3v) is 4.26. The van der Waals surface area contributed by atoms with Crippen LogP contribution in [-0.2, 0) is 4.74 Å². The molecule has 5 nitrogen and oxygen atoms in total. The van der Waals surface area contributed by atoms with Gasteiger partial charge in [-0.15, -0.1) is 0 Å². The number of para-hydroxylation sites is 1. The minimum absolute atomic E-state index is 0.0982. The van der Waals surface area contributed by atoms with E-state index in [1.165, 1.54) is 18.2 Å². The van der Waals surface area contributed by atoms with Gasteiger partial charge in [0.15, 0.2) is 11.6 Å². The minimum Gasteiger partial charge on any atom is -0.488 e. The van der Waals surface area contributed by atoms with Gasteiger partial charge in [-0.05, 0) is 37.3 Å². The molecule has 144 valence electrons. The summed E-state index contributed by atoms with van der Waals surface area (Å²) in [5, 5.41) is 2.73. The molecule has 0 bridgehead atoms. The second kappa shape index (κ2) is 8.81. The number of carbonyl (C=O) groups is 1. The van der Waals surface area contributed by atoms with Crippen molar-refractivity contribution < 1.29 is 23.0 Å². The van der Waals surface area contributed by atoms with Gasteiger partial charge in [-0.25, -0.2) is 8.78 Å². The van der Waals surface area contributed by atoms with E-state index in [2.05, 4.69) is 5.32 Å². The van der Waals surface area contributed by atoms with Gasteiger partial charge in [-0.2, -0.15) is 0 Å². The monoisotopic (exact) mass is 376 g/mol. The highest BCUT2D eigenvalue weighted by Gasteiger charge is 2.18. The molecule has 1 N–H and O–H groups in total. The summed E-state index contributed by atoms with van der Waals surface area (Å²) in [7, 11) is 0. The first-order valence-electron chi connectivity index (χ1n) is 8.85. The summed E-state index contributed by atoms with van der Waals surface area (Å²) in [6.07, 6.45) is 0. The number of nitrogens with zero attached hydrogens (tertiary/aromatic N) is 1. The number of benzene rings is 2. The van der Waals surface area contributed by atoms with Gasteiger partial charge in [-0.3, -0.25) is 4.79 Å². The molecule has 1 amide bonds. The second-order valence-corrected chi connectivity index (χ2v) is 6.38. The molecule has 1 aliphatic rings. The Labute approximate surface area is 156 Å². The number of anilines is 1. The Morgan fingerprint density at radius 2 is 1.93 bits per heavy atom. The van der Waals surface area contributed by atoms with Crippen LogP contribution < -0.4 is 15.0 Å². The van der Waals surface area contributed by atoms with Crippen LogP contribution >= 0.6 is 0 Å². The van der Waals surface area contributed by atoms with Crippen LogP contribution in [0, 0.1) is 11.6 Å². The minimum atomic E-state index is -0.461. The second-order valence-electron chi connectivity index (χ2n) is 6.38. The Morgan fingerprint density at radius 3 is 2.63 bits per heavy atom. The van der Waals surface area contributed by atoms with Crippen molar-refractivity contribution >= 4 is 11.6 Å². The highest BCUT2D eigenvalue weighted by Crippen LogP contribution is 2.22. The van der Waals surface area contributed by atoms with Crippen LogP contribution in [0.5, 0.6) is 5.75 Å². The van der Waals surface area contributed by atoms with Gasteiger partial charge in [0.05, 0.1) is 24.9 Å². The van der Waals surface area contributed by atoms with Crippen LogP contribution in [0.25, 0.3) is 0 Å². The zero-order chi connectivity index (χ0) is 19.2. The van der Waals surface area contributed by atoms with Gasteiger partial charge < -0.3 is 19.7 Å². The molecule has 0 aliphatic carbocycles. The van der Waals surface area contributed by atoms with Crippen molar-refractivity contribution in [2.45, 2.75) is 13.0 Å². The van der Waals surface area contributed by atoms with Crippen molar-refractivity contribution in [1.82, 2.24) is 5.32 Å². The first-order valence-corrected chi connectivity index (χ1v) is 8.85. The van der Waals surface area contributed by atoms with Gasteiger partial charge in [0, 0.05) is 18.7 Å². The molecule has 7 heteroatoms. The van der Waals surface area contributed by atoms with E-state index in [-0.39, 0.29) is 24.0 Å². The molecule has 1 aliphatic heterocycles. The van der Waals surface area contributed by atoms with E-state index in [0.717, 1.165) is 0 Å². The summed E-state index contributed by atoms with van der Waals surface area (Å²) in [5.74, 6) is -1.19. The third-order valence-electron chi connectivity index (χ3n) is 4.26. The predicted molar refractivity (Wildman–Crippen MR) is 98.3 cm³/mol. The molecule has 3 rings (SSSR count). The van der Waals surface area contributed by atoms with Crippen molar-refractivity contribution in [3.05, 3.63) is 59.7 Å². The molecule has 1 unspecified atom stereocenters. The standard InChI is InChI=1S/C20H22F2N2O3/c1-14(13-27-19-5-3-2-4-16(19)21)23-20(25)15-6-7-18(17(22)12-15)24-8-10-26-11-9-24/h2-7,12,14H,8-11,13H2,1H3,(H,23,25). The van der Waals surface area contributed by atoms with Crippen LogP contribution in [0.1, 0.15) is 17.3 Å². The molecule has 0 aromatic heterocycles. The number of morpholine rings is 1. The first-order chi connectivity index (χ1) is 13.0. The van der Waals surface area contributed by atoms with E-state index in [1.807, 2.05) is 4.90 Å². The van der Waals surface area contributed by atoms with Crippen LogP contribution in [0.4, 0.5) is 14.5 Å². The topological polar surface area (TPSA) is 50.8 Å². The SMILES string of the molecule is CC(COc1ccccc1F)NC(=O)c1ccc(N2CCOCC2)c(F)c1. The van der Waals surface area contributed by atoms with E-state index < -0.39 is 17.5 Å². The van der Waals surface area contributed by atoms with Gasteiger partial charge >= 0.3 is 0 Å². The maximum Gasteiger partial charge on any atom is 0.251 e. The first kappa shape index (κ1) is 19.1. The summed E-state index contributed by atoms with van der Waals surface area (Å²) in [5.41, 5.74) is 0.688. The summed E-state index contributed by atoms with van der Waals surface area (Å²) in [6, 6.07) is 10.1. The van der Waals surface area contributed by atoms with Crippen molar-refractivity contribution in [2.24, 2.45) is 0 Å². The molecule has 2 aromatic carbocycles. The normalized spacial score (nSPS) is 15.3. The molecule has 0 spiro atoms. The number of carbonyl (C=O) groups excluding carboxylic acids is 1. The van der Waals surface area contributed by atoms with Gasteiger partial charge in [0.2, 0.25) is 0 Å². The van der Waals surface area contributed by atoms with Crippen molar-refractivity contribution in [2.75, 3.05) is 37.8 Å². The van der Waals surface area contributed by atoms with Crippen LogP contribution in [0.3, 0.4) is 0 Å². The van der Waals surface area contributed by atoms with E-state index >= 15 is 0 Å². The Bertz CT molecular complexity index is 795. The maximum absolute atomic E-state index is 14.4. The largest absolute Gasteiger partial charge is 0.488 e. The lowest BCUT2D eigenvalue weighted by Crippen LogP contribution is -2.38. The lowest BCUT2D eigenvalue weighted by Gasteiger charge is -2.29. The number of nitrogens with one attached hydrogen (secondary N) is 1. The smallest absolute Gasteiger partial charge is 0.251 e. The fourth-order valence-electron chi connectivity index (χ4n) is 2.83. The van der Waals surface area contributed by atoms with E-state index in [9.17, 15) is 13.6 Å². The highest BCUT2D eigenvalue weighted by molar-refractivity contribution is 5.94. The number of ether oxygens (including phenoxy) is 2. The zero-order valence-corrected chi connectivity index (χ0v) is 15.1. The molecule has 1 atom stereocenters. The molecule has 0 saturated carbocycles. The van der Waals surface area contributed by atoms with Gasteiger partial charge in [0.1, 0.15) is 12.4 Å². The fourth-order valence-corrected chi connectivity index (χ4v) is 2.83. The predicted octanol–water partition coefficient (Wildman–Crippen LogP) is 3.00. The molecular formula is C20H22F2N2O3. The quantitative estimate of drug-likeness (QED) is 0.842. The van der Waals surface area contributed by atoms with Crippen molar-refractivity contribution in [3.8, 4) is 5.75 Å². The molecule has 27 heavy (non-hydrogen) atoms. The summed E-state index contributed by atoms with van der Waals surface area (Å²) in [6.45, 7) is 4.18. The van der Waals surface area contributed by atoms with Crippen molar-refractivity contribution in [3.63, 3.8) is 0 Å². The molecular weight excluding hydrogens is 354 g/mol. The van der Waals surface area contributed by atoms with Crippen molar-refractivity contribution in [1.29, 1.82) is 0 Å². The van der Waals surface area contributed by atoms with E-state index in [1.54, 1.807) is 31.2 Å². The Morgan fingerprint density at radius 1 is 1.19 bits per heavy atom. The van der Waals surface area contributed by atoms with Gasteiger partial charge in [-0.1, -0.05) is 12.1 Å². The van der Waals surface area contributed by atoms with Gasteiger partial charge in [0.25, 0.3) is 5.91 Å². The average Bonchev–Trinajstić information content (AvgIpc) is 2.68. The maximum atomic E-state index is 14.4. The summed E-state index contributed by atoms with van der Waals surface area (Å²) < 4.78 is 38.6. The Balaban J connectivity index is 1.57. The Kier molecular flexibility index (Phi) is 6.24. The fraction of sp³-hybridized carbons (Fsp3) is 0.350. The van der Waals surface area contributed by atoms with E-state index in [4.69, 9.17) is 9.47 Å².